The number of hydrogen-bond donors (Lipinski definition) is 1. The second-order valence-corrected chi connectivity index (χ2v) is 6.90. The highest BCUT2D eigenvalue weighted by Gasteiger charge is 2.11. The SMILES string of the molecule is COc1ccc2oc(-c3ccc(NC(=O)c4ccc5ocnc5c4)cc3)cc(=O)c2c1. The maximum atomic E-state index is 12.5. The molecule has 0 bridgehead atoms. The molecule has 31 heavy (non-hydrogen) atoms. The molecule has 7 heteroatoms. The van der Waals surface area contributed by atoms with Gasteiger partial charge in [-0.2, -0.15) is 0 Å². The first-order valence-corrected chi connectivity index (χ1v) is 9.48. The number of amides is 1. The molecule has 7 nitrogen and oxygen atoms in total. The number of carbonyl (C=O) groups excluding carboxylic acids is 1. The van der Waals surface area contributed by atoms with E-state index in [1.165, 1.54) is 12.5 Å². The number of nitrogens with one attached hydrogen (secondary N) is 1. The maximum absolute atomic E-state index is 12.5. The van der Waals surface area contributed by atoms with Gasteiger partial charge in [-0.25, -0.2) is 4.98 Å². The second-order valence-electron chi connectivity index (χ2n) is 6.90. The van der Waals surface area contributed by atoms with Crippen molar-refractivity contribution >= 4 is 33.7 Å². The number of carbonyl (C=O) groups is 1. The molecule has 2 aromatic heterocycles. The van der Waals surface area contributed by atoms with Crippen molar-refractivity contribution in [2.45, 2.75) is 0 Å². The quantitative estimate of drug-likeness (QED) is 0.453. The Morgan fingerprint density at radius 1 is 0.968 bits per heavy atom. The zero-order chi connectivity index (χ0) is 21.4. The van der Waals surface area contributed by atoms with E-state index in [1.54, 1.807) is 67.8 Å². The van der Waals surface area contributed by atoms with E-state index in [-0.39, 0.29) is 11.3 Å². The third-order valence-electron chi connectivity index (χ3n) is 4.95. The highest BCUT2D eigenvalue weighted by atomic mass is 16.5. The van der Waals surface area contributed by atoms with Gasteiger partial charge in [0.25, 0.3) is 5.91 Å². The number of ether oxygens (including phenoxy) is 1. The lowest BCUT2D eigenvalue weighted by molar-refractivity contribution is 0.102. The van der Waals surface area contributed by atoms with Gasteiger partial charge in [-0.1, -0.05) is 0 Å². The minimum Gasteiger partial charge on any atom is -0.497 e. The number of anilines is 1. The lowest BCUT2D eigenvalue weighted by atomic mass is 10.1. The van der Waals surface area contributed by atoms with E-state index in [2.05, 4.69) is 10.3 Å². The van der Waals surface area contributed by atoms with Crippen LogP contribution in [0.15, 0.2) is 86.8 Å². The molecule has 5 aromatic rings. The molecule has 5 rings (SSSR count). The fourth-order valence-corrected chi connectivity index (χ4v) is 3.32. The summed E-state index contributed by atoms with van der Waals surface area (Å²) in [5.74, 6) is 0.774. The van der Waals surface area contributed by atoms with Gasteiger partial charge in [0, 0.05) is 22.9 Å². The van der Waals surface area contributed by atoms with E-state index in [9.17, 15) is 9.59 Å². The van der Waals surface area contributed by atoms with E-state index in [1.807, 2.05) is 0 Å². The zero-order valence-corrected chi connectivity index (χ0v) is 16.4. The molecule has 0 radical (unpaired) electrons. The van der Waals surface area contributed by atoms with Crippen molar-refractivity contribution in [1.82, 2.24) is 4.98 Å². The molecule has 0 saturated carbocycles. The van der Waals surface area contributed by atoms with Gasteiger partial charge in [0.05, 0.1) is 12.5 Å². The summed E-state index contributed by atoms with van der Waals surface area (Å²) in [6.45, 7) is 0. The van der Waals surface area contributed by atoms with Crippen molar-refractivity contribution in [3.05, 3.63) is 88.9 Å². The van der Waals surface area contributed by atoms with E-state index in [0.29, 0.717) is 44.8 Å². The lowest BCUT2D eigenvalue weighted by Gasteiger charge is -2.08. The first kappa shape index (κ1) is 18.6. The number of aromatic nitrogens is 1. The second kappa shape index (κ2) is 7.46. The fourth-order valence-electron chi connectivity index (χ4n) is 3.32. The molecule has 1 N–H and O–H groups in total. The highest BCUT2D eigenvalue weighted by Crippen LogP contribution is 2.26. The summed E-state index contributed by atoms with van der Waals surface area (Å²) in [6, 6.07) is 18.7. The summed E-state index contributed by atoms with van der Waals surface area (Å²) in [7, 11) is 1.55. The molecule has 0 aliphatic carbocycles. The number of hydrogen-bond acceptors (Lipinski definition) is 6. The Morgan fingerprint density at radius 2 is 1.77 bits per heavy atom. The number of oxazole rings is 1. The summed E-state index contributed by atoms with van der Waals surface area (Å²) < 4.78 is 16.2. The van der Waals surface area contributed by atoms with Crippen LogP contribution in [0, 0.1) is 0 Å². The summed E-state index contributed by atoms with van der Waals surface area (Å²) in [4.78, 5) is 29.1. The van der Waals surface area contributed by atoms with Crippen molar-refractivity contribution in [1.29, 1.82) is 0 Å². The molecule has 3 aromatic carbocycles. The maximum Gasteiger partial charge on any atom is 0.255 e. The molecule has 0 unspecified atom stereocenters. The smallest absolute Gasteiger partial charge is 0.255 e. The van der Waals surface area contributed by atoms with Crippen molar-refractivity contribution in [3.8, 4) is 17.1 Å². The number of methoxy groups -OCH3 is 1. The van der Waals surface area contributed by atoms with Crippen LogP contribution in [0.4, 0.5) is 5.69 Å². The van der Waals surface area contributed by atoms with Crippen LogP contribution in [0.1, 0.15) is 10.4 Å². The molecule has 152 valence electrons. The first-order chi connectivity index (χ1) is 15.1. The van der Waals surface area contributed by atoms with Gasteiger partial charge in [0.1, 0.15) is 22.6 Å². The van der Waals surface area contributed by atoms with Gasteiger partial charge >= 0.3 is 0 Å². The Balaban J connectivity index is 1.39. The van der Waals surface area contributed by atoms with E-state index < -0.39 is 0 Å². The number of benzene rings is 3. The van der Waals surface area contributed by atoms with Crippen molar-refractivity contribution in [2.24, 2.45) is 0 Å². The topological polar surface area (TPSA) is 94.6 Å². The van der Waals surface area contributed by atoms with Gasteiger partial charge in [0.2, 0.25) is 0 Å². The molecule has 2 heterocycles. The van der Waals surface area contributed by atoms with E-state index >= 15 is 0 Å². The van der Waals surface area contributed by atoms with Gasteiger partial charge in [0.15, 0.2) is 17.4 Å². The van der Waals surface area contributed by atoms with Crippen LogP contribution in [0.25, 0.3) is 33.4 Å². The minimum absolute atomic E-state index is 0.157. The average molecular weight is 412 g/mol. The summed E-state index contributed by atoms with van der Waals surface area (Å²) in [5, 5.41) is 3.30. The predicted molar refractivity (Wildman–Crippen MR) is 116 cm³/mol. The monoisotopic (exact) mass is 412 g/mol. The first-order valence-electron chi connectivity index (χ1n) is 9.48. The lowest BCUT2D eigenvalue weighted by Crippen LogP contribution is -2.11. The van der Waals surface area contributed by atoms with Crippen molar-refractivity contribution in [3.63, 3.8) is 0 Å². The molecule has 0 atom stereocenters. The standard InChI is InChI=1S/C24H16N2O5/c1-29-17-7-9-21-18(11-17)20(27)12-23(31-21)14-2-5-16(6-3-14)26-24(28)15-4-8-22-19(10-15)25-13-30-22/h2-13H,1H3,(H,26,28). The number of nitrogens with zero attached hydrogens (tertiary/aromatic N) is 1. The van der Waals surface area contributed by atoms with Gasteiger partial charge in [-0.3, -0.25) is 9.59 Å². The summed E-state index contributed by atoms with van der Waals surface area (Å²) >= 11 is 0. The number of rotatable bonds is 4. The van der Waals surface area contributed by atoms with E-state index in [4.69, 9.17) is 13.6 Å². The third kappa shape index (κ3) is 3.53. The normalized spacial score (nSPS) is 11.0. The summed E-state index contributed by atoms with van der Waals surface area (Å²) in [5.41, 5.74) is 3.36. The van der Waals surface area contributed by atoms with E-state index in [0.717, 1.165) is 5.56 Å². The van der Waals surface area contributed by atoms with Crippen LogP contribution in [0.2, 0.25) is 0 Å². The van der Waals surface area contributed by atoms with Crippen molar-refractivity contribution in [2.75, 3.05) is 12.4 Å². The van der Waals surface area contributed by atoms with Gasteiger partial charge in [-0.05, 0) is 60.7 Å². The molecular formula is C24H16N2O5. The Hall–Kier alpha value is -4.39. The molecular weight excluding hydrogens is 396 g/mol. The fraction of sp³-hybridized carbons (Fsp3) is 0.0417. The largest absolute Gasteiger partial charge is 0.497 e. The molecule has 0 aliphatic heterocycles. The van der Waals surface area contributed by atoms with Crippen LogP contribution in [0.5, 0.6) is 5.75 Å². The van der Waals surface area contributed by atoms with Gasteiger partial charge in [-0.15, -0.1) is 0 Å². The average Bonchev–Trinajstić information content (AvgIpc) is 3.27. The van der Waals surface area contributed by atoms with Crippen molar-refractivity contribution < 1.29 is 18.4 Å². The predicted octanol–water partition coefficient (Wildman–Crippen LogP) is 4.86. The van der Waals surface area contributed by atoms with Crippen LogP contribution in [-0.4, -0.2) is 18.0 Å². The molecule has 1 amide bonds. The molecule has 0 aliphatic rings. The minimum atomic E-state index is -0.260. The number of fused-ring (bicyclic) bond motifs is 2. The van der Waals surface area contributed by atoms with Crippen LogP contribution in [0.3, 0.4) is 0 Å². The Kier molecular flexibility index (Phi) is 4.48. The Bertz CT molecular complexity index is 1480. The molecule has 0 fully saturated rings. The zero-order valence-electron chi connectivity index (χ0n) is 16.4. The molecule has 0 spiro atoms. The third-order valence-corrected chi connectivity index (χ3v) is 4.95. The van der Waals surface area contributed by atoms with Crippen LogP contribution < -0.4 is 15.5 Å². The Morgan fingerprint density at radius 3 is 2.58 bits per heavy atom. The van der Waals surface area contributed by atoms with Crippen LogP contribution in [-0.2, 0) is 0 Å². The molecule has 0 saturated heterocycles. The van der Waals surface area contributed by atoms with Gasteiger partial charge < -0.3 is 18.9 Å². The summed E-state index contributed by atoms with van der Waals surface area (Å²) in [6.07, 6.45) is 1.34. The Labute approximate surface area is 175 Å². The highest BCUT2D eigenvalue weighted by molar-refractivity contribution is 6.05. The van der Waals surface area contributed by atoms with Crippen LogP contribution >= 0.6 is 0 Å².